The maximum Gasteiger partial charge on any atom is 0.224 e. The first-order valence-corrected chi connectivity index (χ1v) is 6.86. The fourth-order valence-corrected chi connectivity index (χ4v) is 2.75. The Hall–Kier alpha value is -0.650. The van der Waals surface area contributed by atoms with E-state index in [9.17, 15) is 4.79 Å². The highest BCUT2D eigenvalue weighted by molar-refractivity contribution is 5.77. The van der Waals surface area contributed by atoms with Gasteiger partial charge in [0, 0.05) is 25.0 Å². The van der Waals surface area contributed by atoms with E-state index in [0.29, 0.717) is 19.5 Å². The van der Waals surface area contributed by atoms with E-state index < -0.39 is 0 Å². The highest BCUT2D eigenvalue weighted by Crippen LogP contribution is 2.31. The van der Waals surface area contributed by atoms with Crippen LogP contribution in [-0.4, -0.2) is 59.9 Å². The second-order valence-electron chi connectivity index (χ2n) is 5.10. The monoisotopic (exact) mass is 258 g/mol. The van der Waals surface area contributed by atoms with Crippen molar-refractivity contribution in [1.82, 2.24) is 10.2 Å². The van der Waals surface area contributed by atoms with Crippen LogP contribution in [0.15, 0.2) is 0 Å². The van der Waals surface area contributed by atoms with Crippen LogP contribution in [0.2, 0.25) is 0 Å². The Labute approximate surface area is 109 Å². The van der Waals surface area contributed by atoms with Gasteiger partial charge in [-0.05, 0) is 19.9 Å². The van der Waals surface area contributed by atoms with E-state index in [2.05, 4.69) is 5.32 Å². The van der Waals surface area contributed by atoms with Crippen LogP contribution in [0.25, 0.3) is 0 Å². The SMILES string of the molecule is CNC1(CC(=O)N(CCO)CCO)CCCCC1. The summed E-state index contributed by atoms with van der Waals surface area (Å²) in [5, 5.41) is 21.2. The van der Waals surface area contributed by atoms with Crippen LogP contribution in [0.3, 0.4) is 0 Å². The molecule has 0 aromatic rings. The third-order valence-electron chi connectivity index (χ3n) is 3.92. The van der Waals surface area contributed by atoms with E-state index in [1.54, 1.807) is 4.90 Å². The Morgan fingerprint density at radius 3 is 2.17 bits per heavy atom. The molecule has 18 heavy (non-hydrogen) atoms. The number of carbonyl (C=O) groups is 1. The zero-order valence-electron chi connectivity index (χ0n) is 11.3. The lowest BCUT2D eigenvalue weighted by molar-refractivity contribution is -0.134. The molecular weight excluding hydrogens is 232 g/mol. The van der Waals surface area contributed by atoms with Gasteiger partial charge in [-0.15, -0.1) is 0 Å². The summed E-state index contributed by atoms with van der Waals surface area (Å²) in [6, 6.07) is 0. The normalized spacial score (nSPS) is 18.6. The predicted molar refractivity (Wildman–Crippen MR) is 70.2 cm³/mol. The summed E-state index contributed by atoms with van der Waals surface area (Å²) in [7, 11) is 1.92. The van der Waals surface area contributed by atoms with Crippen molar-refractivity contribution in [3.8, 4) is 0 Å². The van der Waals surface area contributed by atoms with Gasteiger partial charge in [0.2, 0.25) is 5.91 Å². The Balaban J connectivity index is 2.58. The van der Waals surface area contributed by atoms with Crippen molar-refractivity contribution in [3.05, 3.63) is 0 Å². The molecule has 0 spiro atoms. The van der Waals surface area contributed by atoms with Gasteiger partial charge in [-0.2, -0.15) is 0 Å². The van der Waals surface area contributed by atoms with Crippen LogP contribution in [0.1, 0.15) is 38.5 Å². The second-order valence-corrected chi connectivity index (χ2v) is 5.10. The molecule has 0 saturated heterocycles. The van der Waals surface area contributed by atoms with Crippen molar-refractivity contribution >= 4 is 5.91 Å². The zero-order chi connectivity index (χ0) is 13.4. The molecular formula is C13H26N2O3. The van der Waals surface area contributed by atoms with Crippen molar-refractivity contribution in [2.75, 3.05) is 33.4 Å². The number of nitrogens with zero attached hydrogens (tertiary/aromatic N) is 1. The molecule has 106 valence electrons. The molecule has 5 nitrogen and oxygen atoms in total. The summed E-state index contributed by atoms with van der Waals surface area (Å²) in [4.78, 5) is 13.8. The molecule has 0 heterocycles. The first-order valence-electron chi connectivity index (χ1n) is 6.86. The number of hydrogen-bond donors (Lipinski definition) is 3. The van der Waals surface area contributed by atoms with Crippen LogP contribution in [0.4, 0.5) is 0 Å². The molecule has 0 radical (unpaired) electrons. The summed E-state index contributed by atoms with van der Waals surface area (Å²) in [5.74, 6) is 0.0225. The quantitative estimate of drug-likeness (QED) is 0.606. The molecule has 0 unspecified atom stereocenters. The van der Waals surface area contributed by atoms with E-state index >= 15 is 0 Å². The molecule has 0 bridgehead atoms. The van der Waals surface area contributed by atoms with E-state index in [-0.39, 0.29) is 24.7 Å². The number of aliphatic hydroxyl groups is 2. The van der Waals surface area contributed by atoms with Gasteiger partial charge in [-0.1, -0.05) is 19.3 Å². The fraction of sp³-hybridized carbons (Fsp3) is 0.923. The number of carbonyl (C=O) groups excluding carboxylic acids is 1. The highest BCUT2D eigenvalue weighted by Gasteiger charge is 2.33. The molecule has 1 amide bonds. The van der Waals surface area contributed by atoms with Crippen molar-refractivity contribution in [2.45, 2.75) is 44.1 Å². The van der Waals surface area contributed by atoms with Crippen molar-refractivity contribution in [2.24, 2.45) is 0 Å². The molecule has 1 fully saturated rings. The fourth-order valence-electron chi connectivity index (χ4n) is 2.75. The minimum Gasteiger partial charge on any atom is -0.395 e. The molecule has 0 aliphatic heterocycles. The average molecular weight is 258 g/mol. The van der Waals surface area contributed by atoms with Crippen LogP contribution in [0.5, 0.6) is 0 Å². The van der Waals surface area contributed by atoms with Gasteiger partial charge in [0.1, 0.15) is 0 Å². The Kier molecular flexibility index (Phi) is 6.60. The van der Waals surface area contributed by atoms with E-state index in [1.807, 2.05) is 7.05 Å². The minimum atomic E-state index is -0.0848. The standard InChI is InChI=1S/C13H26N2O3/c1-14-13(5-3-2-4-6-13)11-12(18)15(7-9-16)8-10-17/h14,16-17H,2-11H2,1H3. The van der Waals surface area contributed by atoms with Crippen molar-refractivity contribution in [1.29, 1.82) is 0 Å². The molecule has 5 heteroatoms. The topological polar surface area (TPSA) is 72.8 Å². The minimum absolute atomic E-state index is 0.0225. The summed E-state index contributed by atoms with van der Waals surface area (Å²) in [5.41, 5.74) is -0.0848. The summed E-state index contributed by atoms with van der Waals surface area (Å²) in [6.07, 6.45) is 6.09. The van der Waals surface area contributed by atoms with Gasteiger partial charge in [-0.25, -0.2) is 0 Å². The summed E-state index contributed by atoms with van der Waals surface area (Å²) >= 11 is 0. The third-order valence-corrected chi connectivity index (χ3v) is 3.92. The van der Waals surface area contributed by atoms with Crippen LogP contribution < -0.4 is 5.32 Å². The second kappa shape index (κ2) is 7.71. The maximum atomic E-state index is 12.2. The molecule has 1 rings (SSSR count). The zero-order valence-corrected chi connectivity index (χ0v) is 11.3. The van der Waals surface area contributed by atoms with E-state index in [4.69, 9.17) is 10.2 Å². The van der Waals surface area contributed by atoms with Gasteiger partial charge >= 0.3 is 0 Å². The largest absolute Gasteiger partial charge is 0.395 e. The number of amides is 1. The van der Waals surface area contributed by atoms with Crippen LogP contribution in [0, 0.1) is 0 Å². The lowest BCUT2D eigenvalue weighted by atomic mass is 9.79. The molecule has 0 aromatic carbocycles. The van der Waals surface area contributed by atoms with Gasteiger partial charge in [0.05, 0.1) is 13.2 Å². The molecule has 0 atom stereocenters. The predicted octanol–water partition coefficient (Wildman–Crippen LogP) is 0.112. The van der Waals surface area contributed by atoms with E-state index in [1.165, 1.54) is 6.42 Å². The lowest BCUT2D eigenvalue weighted by Crippen LogP contribution is -2.49. The van der Waals surface area contributed by atoms with Gasteiger partial charge in [-0.3, -0.25) is 4.79 Å². The first-order chi connectivity index (χ1) is 8.67. The summed E-state index contributed by atoms with van der Waals surface area (Å²) < 4.78 is 0. The molecule has 3 N–H and O–H groups in total. The molecule has 1 aliphatic carbocycles. The molecule has 1 aliphatic rings. The Morgan fingerprint density at radius 2 is 1.72 bits per heavy atom. The number of nitrogens with one attached hydrogen (secondary N) is 1. The number of rotatable bonds is 7. The van der Waals surface area contributed by atoms with Gasteiger partial charge in [0.25, 0.3) is 0 Å². The molecule has 0 aromatic heterocycles. The first kappa shape index (κ1) is 15.4. The van der Waals surface area contributed by atoms with Gasteiger partial charge in [0.15, 0.2) is 0 Å². The van der Waals surface area contributed by atoms with Crippen LogP contribution >= 0.6 is 0 Å². The smallest absolute Gasteiger partial charge is 0.224 e. The van der Waals surface area contributed by atoms with Crippen molar-refractivity contribution < 1.29 is 15.0 Å². The Morgan fingerprint density at radius 1 is 1.17 bits per heavy atom. The summed E-state index contributed by atoms with van der Waals surface area (Å²) in [6.45, 7) is 0.495. The highest BCUT2D eigenvalue weighted by atomic mass is 16.3. The number of hydrogen-bond acceptors (Lipinski definition) is 4. The van der Waals surface area contributed by atoms with Crippen molar-refractivity contribution in [3.63, 3.8) is 0 Å². The lowest BCUT2D eigenvalue weighted by Gasteiger charge is -2.38. The van der Waals surface area contributed by atoms with Crippen LogP contribution in [-0.2, 0) is 4.79 Å². The van der Waals surface area contributed by atoms with E-state index in [0.717, 1.165) is 25.7 Å². The third kappa shape index (κ3) is 4.23. The maximum absolute atomic E-state index is 12.2. The Bertz CT molecular complexity index is 247. The molecule has 1 saturated carbocycles. The average Bonchev–Trinajstić information content (AvgIpc) is 2.39. The van der Waals surface area contributed by atoms with Gasteiger partial charge < -0.3 is 20.4 Å². The number of aliphatic hydroxyl groups excluding tert-OH is 2.